The number of carbonyl (C=O) groups is 3. The van der Waals surface area contributed by atoms with Crippen LogP contribution in [-0.2, 0) is 26.4 Å². The van der Waals surface area contributed by atoms with Crippen LogP contribution in [-0.4, -0.2) is 81.8 Å². The number of nitrogens with zero attached hydrogens (tertiary/aromatic N) is 1. The summed E-state index contributed by atoms with van der Waals surface area (Å²) in [6.07, 6.45) is 1.30. The summed E-state index contributed by atoms with van der Waals surface area (Å²) in [5.41, 5.74) is -2.36. The summed E-state index contributed by atoms with van der Waals surface area (Å²) < 4.78 is 57.7. The van der Waals surface area contributed by atoms with Gasteiger partial charge in [0.1, 0.15) is 30.2 Å². The minimum atomic E-state index is -4.58. The Morgan fingerprint density at radius 3 is 1.88 bits per heavy atom. The first-order valence-corrected chi connectivity index (χ1v) is 18.4. The van der Waals surface area contributed by atoms with Crippen LogP contribution >= 0.6 is 42.4 Å². The Hall–Kier alpha value is -3.81. The maximum absolute atomic E-state index is 12.6. The van der Waals surface area contributed by atoms with Gasteiger partial charge in [-0.25, -0.2) is 9.59 Å². The molecule has 0 spiro atoms. The molecular formula is C28H29Cl3F3N2O13PS. The van der Waals surface area contributed by atoms with Gasteiger partial charge in [0.25, 0.3) is 5.69 Å². The molecule has 15 nitrogen and oxygen atoms in total. The molecule has 0 aliphatic carbocycles. The van der Waals surface area contributed by atoms with E-state index in [1.165, 1.54) is 19.2 Å². The van der Waals surface area contributed by atoms with Crippen molar-refractivity contribution in [2.75, 3.05) is 38.7 Å². The number of aliphatic carboxylic acids is 1. The molecule has 5 N–H and O–H groups in total. The zero-order valence-electron chi connectivity index (χ0n) is 26.6. The molecule has 0 fully saturated rings. The summed E-state index contributed by atoms with van der Waals surface area (Å²) in [4.78, 5) is 59.4. The minimum absolute atomic E-state index is 0.0849. The van der Waals surface area contributed by atoms with Crippen molar-refractivity contribution in [3.05, 3.63) is 90.4 Å². The summed E-state index contributed by atoms with van der Waals surface area (Å²) >= 11 is 17.1. The molecule has 0 saturated heterocycles. The number of hydrogen-bond acceptors (Lipinski definition) is 10. The van der Waals surface area contributed by atoms with Gasteiger partial charge in [0, 0.05) is 12.1 Å². The van der Waals surface area contributed by atoms with E-state index in [2.05, 4.69) is 18.8 Å². The highest BCUT2D eigenvalue weighted by molar-refractivity contribution is 7.94. The molecule has 3 aromatic carbocycles. The smallest absolute Gasteiger partial charge is 0.416 e. The summed E-state index contributed by atoms with van der Waals surface area (Å²) in [6.45, 7) is -0.479. The van der Waals surface area contributed by atoms with Crippen molar-refractivity contribution in [1.82, 2.24) is 5.32 Å². The zero-order valence-corrected chi connectivity index (χ0v) is 30.5. The first-order valence-electron chi connectivity index (χ1n) is 13.1. The number of nitro benzene ring substituents is 1. The summed E-state index contributed by atoms with van der Waals surface area (Å²) in [7, 11) is -2.37. The van der Waals surface area contributed by atoms with E-state index in [9.17, 15) is 47.1 Å². The quantitative estimate of drug-likeness (QED) is 0.0670. The Kier molecular flexibility index (Phi) is 19.9. The lowest BCUT2D eigenvalue weighted by molar-refractivity contribution is -0.385. The topological polar surface area (TPSA) is 246 Å². The van der Waals surface area contributed by atoms with Crippen molar-refractivity contribution in [1.29, 1.82) is 0 Å². The molecule has 3 aromatic rings. The van der Waals surface area contributed by atoms with E-state index in [4.69, 9.17) is 64.5 Å². The first kappa shape index (κ1) is 47.2. The Bertz CT molecular complexity index is 1740. The van der Waals surface area contributed by atoms with Crippen LogP contribution < -0.4 is 19.7 Å². The van der Waals surface area contributed by atoms with E-state index in [0.29, 0.717) is 17.0 Å². The molecule has 0 aromatic heterocycles. The van der Waals surface area contributed by atoms with E-state index in [1.807, 2.05) is 5.32 Å². The van der Waals surface area contributed by atoms with Crippen molar-refractivity contribution in [2.24, 2.45) is 0 Å². The number of alkyl halides is 3. The zero-order chi connectivity index (χ0) is 39.9. The van der Waals surface area contributed by atoms with Crippen LogP contribution in [0.5, 0.6) is 17.2 Å². The Balaban J connectivity index is 0.000000776. The third-order valence-corrected chi connectivity index (χ3v) is 6.48. The van der Waals surface area contributed by atoms with E-state index in [-0.39, 0.29) is 37.9 Å². The summed E-state index contributed by atoms with van der Waals surface area (Å²) in [5, 5.41) is 38.5. The van der Waals surface area contributed by atoms with E-state index in [1.54, 1.807) is 0 Å². The highest BCUT2D eigenvalue weighted by Crippen LogP contribution is 2.37. The number of carboxylic acid groups (broad SMARTS) is 3. The number of carboxylic acids is 3. The van der Waals surface area contributed by atoms with Gasteiger partial charge in [0.15, 0.2) is 5.75 Å². The lowest BCUT2D eigenvalue weighted by atomic mass is 10.1. The van der Waals surface area contributed by atoms with Gasteiger partial charge in [0.05, 0.1) is 64.3 Å². The Morgan fingerprint density at radius 1 is 0.941 bits per heavy atom. The predicted octanol–water partition coefficient (Wildman–Crippen LogP) is 6.12. The molecule has 0 heterocycles. The molecule has 3 rings (SSSR count). The van der Waals surface area contributed by atoms with Crippen LogP contribution in [0.1, 0.15) is 26.3 Å². The predicted molar refractivity (Wildman–Crippen MR) is 182 cm³/mol. The SMILES string of the molecule is COc1c(Cl)ccc(Cl)c1C(=O)O.C[S+](C)C.O=C(O)CNCP(=O)([O-])O.O=C(O)c1cc(Oc2ccc(C(F)(F)F)cc2Cl)ccc1[N+](=O)[O-]. The fourth-order valence-corrected chi connectivity index (χ4v) is 4.11. The van der Waals surface area contributed by atoms with Crippen LogP contribution in [0, 0.1) is 10.1 Å². The molecular weight excluding hydrogens is 799 g/mol. The third-order valence-electron chi connectivity index (χ3n) is 4.95. The fourth-order valence-electron chi connectivity index (χ4n) is 3.03. The van der Waals surface area contributed by atoms with Gasteiger partial charge < -0.3 is 39.1 Å². The molecule has 51 heavy (non-hydrogen) atoms. The standard InChI is InChI=1S/C14H7ClF3NO5.C8H6Cl2O3.C3H8NO5P.C3H9S/c15-10-5-7(14(16,17)18)1-4-12(10)24-8-2-3-11(19(22)23)9(6-8)13(20)21;1-13-7-5(10)3-2-4(9)6(7)8(11)12;5-3(6)1-4-2-10(7,8)9;1-4(2)3/h1-6H,(H,20,21);2-3H,1H3,(H,11,12);4H,1-2H2,(H,5,6)(H2,7,8,9);1-3H3/q;;;+1/p-1. The van der Waals surface area contributed by atoms with Crippen LogP contribution in [0.15, 0.2) is 48.5 Å². The van der Waals surface area contributed by atoms with Gasteiger partial charge in [-0.05, 0) is 47.3 Å². The van der Waals surface area contributed by atoms with Crippen molar-refractivity contribution in [3.63, 3.8) is 0 Å². The third kappa shape index (κ3) is 18.3. The van der Waals surface area contributed by atoms with Crippen molar-refractivity contribution in [2.45, 2.75) is 6.18 Å². The maximum Gasteiger partial charge on any atom is 0.416 e. The number of benzene rings is 3. The van der Waals surface area contributed by atoms with E-state index < -0.39 is 66.2 Å². The second kappa shape index (κ2) is 21.5. The van der Waals surface area contributed by atoms with Crippen LogP contribution in [0.4, 0.5) is 18.9 Å². The van der Waals surface area contributed by atoms with E-state index >= 15 is 0 Å². The van der Waals surface area contributed by atoms with Gasteiger partial charge in [0.2, 0.25) is 0 Å². The molecule has 1 atom stereocenters. The molecule has 0 bridgehead atoms. The van der Waals surface area contributed by atoms with Gasteiger partial charge in [-0.15, -0.1) is 0 Å². The van der Waals surface area contributed by atoms with Crippen LogP contribution in [0.3, 0.4) is 0 Å². The Morgan fingerprint density at radius 2 is 1.49 bits per heavy atom. The largest absolute Gasteiger partial charge is 0.778 e. The number of methoxy groups -OCH3 is 1. The second-order valence-electron chi connectivity index (χ2n) is 9.57. The molecule has 23 heteroatoms. The van der Waals surface area contributed by atoms with Crippen LogP contribution in [0.2, 0.25) is 15.1 Å². The highest BCUT2D eigenvalue weighted by atomic mass is 35.5. The minimum Gasteiger partial charge on any atom is -0.778 e. The number of rotatable bonds is 10. The second-order valence-corrected chi connectivity index (χ2v) is 14.8. The maximum atomic E-state index is 12.6. The number of ether oxygens (including phenoxy) is 2. The van der Waals surface area contributed by atoms with Crippen molar-refractivity contribution < 1.29 is 71.6 Å². The number of nitrogens with one attached hydrogen (secondary N) is 1. The average molecular weight is 828 g/mol. The highest BCUT2D eigenvalue weighted by Gasteiger charge is 2.31. The van der Waals surface area contributed by atoms with Gasteiger partial charge in [-0.1, -0.05) is 34.8 Å². The monoisotopic (exact) mass is 826 g/mol. The number of aromatic carboxylic acids is 2. The summed E-state index contributed by atoms with van der Waals surface area (Å²) in [5.74, 6) is -4.08. The molecule has 0 amide bonds. The summed E-state index contributed by atoms with van der Waals surface area (Å²) in [6, 6.07) is 8.16. The lowest BCUT2D eigenvalue weighted by Gasteiger charge is -2.14. The first-order chi connectivity index (χ1) is 23.3. The van der Waals surface area contributed by atoms with Crippen LogP contribution in [0.25, 0.3) is 0 Å². The Labute approximate surface area is 305 Å². The van der Waals surface area contributed by atoms with Gasteiger partial charge in [-0.2, -0.15) is 13.2 Å². The molecule has 282 valence electrons. The number of hydrogen-bond donors (Lipinski definition) is 5. The van der Waals surface area contributed by atoms with Gasteiger partial charge >= 0.3 is 24.1 Å². The van der Waals surface area contributed by atoms with Crippen molar-refractivity contribution >= 4 is 76.9 Å². The van der Waals surface area contributed by atoms with Crippen molar-refractivity contribution in [3.8, 4) is 17.2 Å². The normalized spacial score (nSPS) is 11.6. The molecule has 0 saturated carbocycles. The average Bonchev–Trinajstić information content (AvgIpc) is 2.97. The lowest BCUT2D eigenvalue weighted by Crippen LogP contribution is -2.25. The number of halogens is 6. The molecule has 1 unspecified atom stereocenters. The fraction of sp³-hybridized carbons (Fsp3) is 0.250. The molecule has 0 aliphatic heterocycles. The molecule has 0 radical (unpaired) electrons. The van der Waals surface area contributed by atoms with Gasteiger partial charge in [-0.3, -0.25) is 20.2 Å². The van der Waals surface area contributed by atoms with E-state index in [0.717, 1.165) is 30.3 Å². The number of nitro groups is 1. The molecule has 0 aliphatic rings.